The largest absolute Gasteiger partial charge is 0.340 e. The number of nitrogens with zero attached hydrogens (tertiary/aromatic N) is 4. The summed E-state index contributed by atoms with van der Waals surface area (Å²) < 4.78 is 1.59. The molecule has 6 heteroatoms. The number of pyridine rings is 1. The van der Waals surface area contributed by atoms with Gasteiger partial charge in [0.05, 0.1) is 11.2 Å². The van der Waals surface area contributed by atoms with E-state index in [2.05, 4.69) is 28.3 Å². The molecule has 1 fully saturated rings. The van der Waals surface area contributed by atoms with Gasteiger partial charge in [0.15, 0.2) is 0 Å². The Hall–Kier alpha value is -2.40. The number of hydrogen-bond donors (Lipinski definition) is 0. The Morgan fingerprint density at radius 1 is 1.24 bits per heavy atom. The van der Waals surface area contributed by atoms with Crippen LogP contribution in [0.5, 0.6) is 0 Å². The summed E-state index contributed by atoms with van der Waals surface area (Å²) in [5.41, 5.74) is 1.07. The van der Waals surface area contributed by atoms with Crippen LogP contribution in [0.25, 0.3) is 10.8 Å². The lowest BCUT2D eigenvalue weighted by atomic mass is 9.93. The number of benzene rings is 1. The van der Waals surface area contributed by atoms with Gasteiger partial charge in [0.2, 0.25) is 5.91 Å². The number of amides is 1. The Kier molecular flexibility index (Phi) is 4.40. The molecule has 0 bridgehead atoms. The third kappa shape index (κ3) is 3.51. The molecule has 0 unspecified atom stereocenters. The second kappa shape index (κ2) is 6.84. The fraction of sp³-hybridized carbons (Fsp3) is 0.316. The highest BCUT2D eigenvalue weighted by Crippen LogP contribution is 2.27. The van der Waals surface area contributed by atoms with Crippen LogP contribution in [0.3, 0.4) is 0 Å². The molecule has 3 aromatic rings. The first-order chi connectivity index (χ1) is 12.2. The molecule has 5 nitrogen and oxygen atoms in total. The van der Waals surface area contributed by atoms with Gasteiger partial charge in [-0.1, -0.05) is 35.9 Å². The number of hydrogen-bond acceptors (Lipinski definition) is 3. The first-order valence-corrected chi connectivity index (χ1v) is 8.87. The molecule has 0 radical (unpaired) electrons. The molecule has 0 aliphatic carbocycles. The summed E-state index contributed by atoms with van der Waals surface area (Å²) in [5, 5.41) is 6.97. The van der Waals surface area contributed by atoms with Crippen molar-refractivity contribution in [3.05, 3.63) is 59.6 Å². The summed E-state index contributed by atoms with van der Waals surface area (Å²) in [4.78, 5) is 19.1. The maximum Gasteiger partial charge on any atom is 0.244 e. The van der Waals surface area contributed by atoms with E-state index in [0.717, 1.165) is 30.5 Å². The van der Waals surface area contributed by atoms with Crippen molar-refractivity contribution in [3.8, 4) is 0 Å². The Morgan fingerprint density at radius 2 is 2.08 bits per heavy atom. The molecule has 4 rings (SSSR count). The monoisotopic (exact) mass is 354 g/mol. The van der Waals surface area contributed by atoms with E-state index in [1.807, 2.05) is 23.2 Å². The first kappa shape index (κ1) is 16.1. The number of carbonyl (C=O) groups is 1. The standard InChI is InChI=1S/C19H19ClN4O/c20-17-10-22-24(12-17)13-19(25)23-7-3-6-16(11-23)18-8-14-4-1-2-5-15(14)9-21-18/h1-2,4-5,8-10,12,16H,3,6-7,11,13H2/t16-/m0/s1. The quantitative estimate of drug-likeness (QED) is 0.723. The predicted octanol–water partition coefficient (Wildman–Crippen LogP) is 3.49. The Labute approximate surface area is 151 Å². The van der Waals surface area contributed by atoms with E-state index in [-0.39, 0.29) is 18.4 Å². The first-order valence-electron chi connectivity index (χ1n) is 8.49. The minimum absolute atomic E-state index is 0.0743. The van der Waals surface area contributed by atoms with E-state index in [1.165, 1.54) is 5.39 Å². The third-order valence-electron chi connectivity index (χ3n) is 4.74. The predicted molar refractivity (Wildman–Crippen MR) is 97.5 cm³/mol. The van der Waals surface area contributed by atoms with E-state index in [4.69, 9.17) is 11.6 Å². The summed E-state index contributed by atoms with van der Waals surface area (Å²) in [6, 6.07) is 10.4. The molecular formula is C19H19ClN4O. The highest BCUT2D eigenvalue weighted by molar-refractivity contribution is 6.30. The zero-order valence-corrected chi connectivity index (χ0v) is 14.6. The van der Waals surface area contributed by atoms with E-state index < -0.39 is 0 Å². The summed E-state index contributed by atoms with van der Waals surface area (Å²) in [5.74, 6) is 0.355. The van der Waals surface area contributed by atoms with Crippen LogP contribution < -0.4 is 0 Å². The molecule has 1 aliphatic heterocycles. The minimum atomic E-state index is 0.0743. The van der Waals surface area contributed by atoms with Crippen LogP contribution in [0.1, 0.15) is 24.5 Å². The SMILES string of the molecule is O=C(Cn1cc(Cl)cn1)N1CCC[C@H](c2cc3ccccc3cn2)C1. The smallest absolute Gasteiger partial charge is 0.244 e. The molecule has 0 spiro atoms. The van der Waals surface area contributed by atoms with E-state index in [9.17, 15) is 4.79 Å². The average molecular weight is 355 g/mol. The minimum Gasteiger partial charge on any atom is -0.340 e. The summed E-state index contributed by atoms with van der Waals surface area (Å²) in [6.07, 6.45) is 7.20. The lowest BCUT2D eigenvalue weighted by Gasteiger charge is -2.32. The molecule has 1 amide bonds. The molecule has 1 aromatic carbocycles. The molecule has 0 saturated carbocycles. The van der Waals surface area contributed by atoms with Crippen LogP contribution in [0.15, 0.2) is 48.9 Å². The zero-order valence-electron chi connectivity index (χ0n) is 13.8. The van der Waals surface area contributed by atoms with E-state index >= 15 is 0 Å². The lowest BCUT2D eigenvalue weighted by molar-refractivity contribution is -0.133. The number of piperidine rings is 1. The number of carbonyl (C=O) groups excluding carboxylic acids is 1. The molecule has 0 N–H and O–H groups in total. The van der Waals surface area contributed by atoms with Gasteiger partial charge in [-0.3, -0.25) is 14.5 Å². The fourth-order valence-electron chi connectivity index (χ4n) is 3.43. The van der Waals surface area contributed by atoms with Crippen molar-refractivity contribution in [2.24, 2.45) is 0 Å². The fourth-order valence-corrected chi connectivity index (χ4v) is 3.59. The van der Waals surface area contributed by atoms with Crippen molar-refractivity contribution in [2.45, 2.75) is 25.3 Å². The summed E-state index contributed by atoms with van der Waals surface area (Å²) >= 11 is 5.86. The second-order valence-electron chi connectivity index (χ2n) is 6.49. The number of rotatable bonds is 3. The number of halogens is 1. The van der Waals surface area contributed by atoms with Gasteiger partial charge in [-0.05, 0) is 24.3 Å². The highest BCUT2D eigenvalue weighted by Gasteiger charge is 2.26. The molecule has 25 heavy (non-hydrogen) atoms. The lowest BCUT2D eigenvalue weighted by Crippen LogP contribution is -2.41. The normalized spacial score (nSPS) is 17.8. The van der Waals surface area contributed by atoms with Crippen molar-refractivity contribution >= 4 is 28.3 Å². The van der Waals surface area contributed by atoms with Crippen LogP contribution in [0.2, 0.25) is 5.02 Å². The molecule has 2 aromatic heterocycles. The van der Waals surface area contributed by atoms with Gasteiger partial charge in [-0.2, -0.15) is 5.10 Å². The molecular weight excluding hydrogens is 336 g/mol. The van der Waals surface area contributed by atoms with E-state index in [0.29, 0.717) is 11.6 Å². The third-order valence-corrected chi connectivity index (χ3v) is 4.94. The number of fused-ring (bicyclic) bond motifs is 1. The zero-order chi connectivity index (χ0) is 17.2. The Bertz CT molecular complexity index is 907. The highest BCUT2D eigenvalue weighted by atomic mass is 35.5. The average Bonchev–Trinajstić information content (AvgIpc) is 3.06. The van der Waals surface area contributed by atoms with Crippen molar-refractivity contribution in [1.29, 1.82) is 0 Å². The number of likely N-dealkylation sites (tertiary alicyclic amines) is 1. The van der Waals surface area contributed by atoms with Crippen LogP contribution in [-0.4, -0.2) is 38.7 Å². The summed E-state index contributed by atoms with van der Waals surface area (Å²) in [6.45, 7) is 1.72. The van der Waals surface area contributed by atoms with Crippen molar-refractivity contribution in [3.63, 3.8) is 0 Å². The van der Waals surface area contributed by atoms with Crippen LogP contribution >= 0.6 is 11.6 Å². The Balaban J connectivity index is 1.48. The van der Waals surface area contributed by atoms with Crippen molar-refractivity contribution in [2.75, 3.05) is 13.1 Å². The van der Waals surface area contributed by atoms with Gasteiger partial charge in [0, 0.05) is 42.5 Å². The van der Waals surface area contributed by atoms with Crippen LogP contribution in [-0.2, 0) is 11.3 Å². The van der Waals surface area contributed by atoms with Gasteiger partial charge < -0.3 is 4.90 Å². The van der Waals surface area contributed by atoms with Gasteiger partial charge in [0.1, 0.15) is 6.54 Å². The van der Waals surface area contributed by atoms with Gasteiger partial charge in [0.25, 0.3) is 0 Å². The van der Waals surface area contributed by atoms with Crippen molar-refractivity contribution < 1.29 is 4.79 Å². The topological polar surface area (TPSA) is 51.0 Å². The molecule has 128 valence electrons. The molecule has 3 heterocycles. The van der Waals surface area contributed by atoms with Gasteiger partial charge >= 0.3 is 0 Å². The maximum absolute atomic E-state index is 12.6. The second-order valence-corrected chi connectivity index (χ2v) is 6.93. The number of aromatic nitrogens is 3. The van der Waals surface area contributed by atoms with Crippen LogP contribution in [0.4, 0.5) is 0 Å². The molecule has 1 atom stereocenters. The van der Waals surface area contributed by atoms with Gasteiger partial charge in [-0.15, -0.1) is 0 Å². The molecule has 1 aliphatic rings. The van der Waals surface area contributed by atoms with Crippen LogP contribution in [0, 0.1) is 0 Å². The summed E-state index contributed by atoms with van der Waals surface area (Å²) in [7, 11) is 0. The molecule has 1 saturated heterocycles. The van der Waals surface area contributed by atoms with Crippen molar-refractivity contribution in [1.82, 2.24) is 19.7 Å². The maximum atomic E-state index is 12.6. The van der Waals surface area contributed by atoms with E-state index in [1.54, 1.807) is 17.1 Å². The Morgan fingerprint density at radius 3 is 2.88 bits per heavy atom. The van der Waals surface area contributed by atoms with Gasteiger partial charge in [-0.25, -0.2) is 0 Å².